The molecule has 1 aliphatic heterocycles. The molecule has 3 rings (SSSR count). The van der Waals surface area contributed by atoms with Gasteiger partial charge in [0.25, 0.3) is 0 Å². The number of hydrogen-bond acceptors (Lipinski definition) is 4. The van der Waals surface area contributed by atoms with Gasteiger partial charge in [0, 0.05) is 18.8 Å². The van der Waals surface area contributed by atoms with E-state index in [4.69, 9.17) is 4.74 Å². The van der Waals surface area contributed by atoms with Crippen molar-refractivity contribution in [3.05, 3.63) is 59.2 Å². The number of benzene rings is 2. The number of esters is 1. The first-order valence-electron chi connectivity index (χ1n) is 8.05. The largest absolute Gasteiger partial charge is 0.465 e. The Kier molecular flexibility index (Phi) is 4.45. The molecule has 0 saturated heterocycles. The predicted octanol–water partition coefficient (Wildman–Crippen LogP) is 3.48. The van der Waals surface area contributed by atoms with Crippen LogP contribution in [-0.4, -0.2) is 21.0 Å². The van der Waals surface area contributed by atoms with E-state index in [1.807, 2.05) is 31.2 Å². The van der Waals surface area contributed by atoms with Crippen LogP contribution in [0.25, 0.3) is 0 Å². The van der Waals surface area contributed by atoms with Gasteiger partial charge in [-0.25, -0.2) is 8.42 Å². The molecule has 0 spiro atoms. The third-order valence-corrected chi connectivity index (χ3v) is 6.32. The van der Waals surface area contributed by atoms with Gasteiger partial charge in [-0.1, -0.05) is 44.2 Å². The lowest BCUT2D eigenvalue weighted by molar-refractivity contribution is -0.143. The maximum absolute atomic E-state index is 12.8. The number of carbonyl (C=O) groups is 1. The minimum Gasteiger partial charge on any atom is -0.465 e. The molecule has 0 aromatic heterocycles. The Hall–Kier alpha value is -2.14. The van der Waals surface area contributed by atoms with E-state index in [1.165, 1.54) is 0 Å². The molecule has 1 heterocycles. The SMILES string of the molecule is CCC(=O)OCC(C)c1ccc2c(c1)Cc1ccccc1S2(=O)=O. The third kappa shape index (κ3) is 2.96. The highest BCUT2D eigenvalue weighted by atomic mass is 32.2. The van der Waals surface area contributed by atoms with Crippen molar-refractivity contribution in [2.45, 2.75) is 42.4 Å². The maximum atomic E-state index is 12.8. The van der Waals surface area contributed by atoms with Crippen LogP contribution in [0.15, 0.2) is 52.3 Å². The van der Waals surface area contributed by atoms with Crippen molar-refractivity contribution >= 4 is 15.8 Å². The molecular weight excluding hydrogens is 324 g/mol. The highest BCUT2D eigenvalue weighted by Gasteiger charge is 2.29. The molecule has 0 bridgehead atoms. The van der Waals surface area contributed by atoms with Crippen LogP contribution < -0.4 is 0 Å². The summed E-state index contributed by atoms with van der Waals surface area (Å²) in [6.45, 7) is 4.03. The fraction of sp³-hybridized carbons (Fsp3) is 0.316. The Morgan fingerprint density at radius 2 is 1.83 bits per heavy atom. The van der Waals surface area contributed by atoms with Gasteiger partial charge >= 0.3 is 5.97 Å². The summed E-state index contributed by atoms with van der Waals surface area (Å²) in [5.41, 5.74) is 2.61. The lowest BCUT2D eigenvalue weighted by Crippen LogP contribution is -2.16. The second kappa shape index (κ2) is 6.40. The first-order valence-corrected chi connectivity index (χ1v) is 9.53. The van der Waals surface area contributed by atoms with Gasteiger partial charge in [0.2, 0.25) is 9.84 Å². The fourth-order valence-electron chi connectivity index (χ4n) is 2.96. The Morgan fingerprint density at radius 3 is 2.58 bits per heavy atom. The van der Waals surface area contributed by atoms with Crippen LogP contribution in [0.2, 0.25) is 0 Å². The van der Waals surface area contributed by atoms with Crippen molar-refractivity contribution in [3.8, 4) is 0 Å². The van der Waals surface area contributed by atoms with Crippen LogP contribution >= 0.6 is 0 Å². The molecule has 24 heavy (non-hydrogen) atoms. The quantitative estimate of drug-likeness (QED) is 0.680. The highest BCUT2D eigenvalue weighted by molar-refractivity contribution is 7.91. The standard InChI is InChI=1S/C19H20O4S/c1-3-19(20)23-12-13(2)14-8-9-18-16(10-14)11-15-6-4-5-7-17(15)24(18,21)22/h4-10,13H,3,11-12H2,1-2H3. The first kappa shape index (κ1) is 16.7. The molecule has 0 amide bonds. The van der Waals surface area contributed by atoms with Crippen molar-refractivity contribution < 1.29 is 17.9 Å². The van der Waals surface area contributed by atoms with E-state index in [0.717, 1.165) is 16.7 Å². The topological polar surface area (TPSA) is 60.4 Å². The van der Waals surface area contributed by atoms with E-state index in [1.54, 1.807) is 25.1 Å². The Labute approximate surface area is 142 Å². The summed E-state index contributed by atoms with van der Waals surface area (Å²) in [6.07, 6.45) is 0.950. The van der Waals surface area contributed by atoms with Gasteiger partial charge in [0.05, 0.1) is 16.4 Å². The molecule has 1 unspecified atom stereocenters. The lowest BCUT2D eigenvalue weighted by Gasteiger charge is -2.21. The molecule has 4 nitrogen and oxygen atoms in total. The second-order valence-corrected chi connectivity index (χ2v) is 7.98. The molecule has 0 aliphatic carbocycles. The van der Waals surface area contributed by atoms with E-state index < -0.39 is 9.84 Å². The summed E-state index contributed by atoms with van der Waals surface area (Å²) in [6, 6.07) is 12.5. The highest BCUT2D eigenvalue weighted by Crippen LogP contribution is 2.35. The van der Waals surface area contributed by atoms with Crippen molar-refractivity contribution in [1.29, 1.82) is 0 Å². The molecule has 0 N–H and O–H groups in total. The number of sulfone groups is 1. The predicted molar refractivity (Wildman–Crippen MR) is 90.8 cm³/mol. The molecule has 0 fully saturated rings. The Bertz CT molecular complexity index is 884. The zero-order chi connectivity index (χ0) is 17.3. The average molecular weight is 344 g/mol. The van der Waals surface area contributed by atoms with Gasteiger partial charge in [-0.3, -0.25) is 4.79 Å². The van der Waals surface area contributed by atoms with Crippen LogP contribution in [0.4, 0.5) is 0 Å². The molecule has 2 aromatic carbocycles. The van der Waals surface area contributed by atoms with Crippen LogP contribution in [0, 0.1) is 0 Å². The lowest BCUT2D eigenvalue weighted by atomic mass is 9.96. The summed E-state index contributed by atoms with van der Waals surface area (Å²) >= 11 is 0. The van der Waals surface area contributed by atoms with Gasteiger partial charge in [0.1, 0.15) is 0 Å². The van der Waals surface area contributed by atoms with E-state index in [2.05, 4.69) is 0 Å². The molecule has 5 heteroatoms. The maximum Gasteiger partial charge on any atom is 0.305 e. The van der Waals surface area contributed by atoms with Crippen molar-refractivity contribution in [2.75, 3.05) is 6.61 Å². The molecule has 2 aromatic rings. The molecule has 0 saturated carbocycles. The van der Waals surface area contributed by atoms with E-state index in [0.29, 0.717) is 29.2 Å². The molecule has 1 aliphatic rings. The number of carbonyl (C=O) groups excluding carboxylic acids is 1. The summed E-state index contributed by atoms with van der Waals surface area (Å²) in [4.78, 5) is 12.1. The summed E-state index contributed by atoms with van der Waals surface area (Å²) in [5.74, 6) is -0.206. The minimum absolute atomic E-state index is 0.0191. The number of fused-ring (bicyclic) bond motifs is 2. The molecule has 126 valence electrons. The fourth-order valence-corrected chi connectivity index (χ4v) is 4.66. The van der Waals surface area contributed by atoms with Gasteiger partial charge in [-0.15, -0.1) is 0 Å². The minimum atomic E-state index is -3.46. The van der Waals surface area contributed by atoms with Crippen molar-refractivity contribution in [1.82, 2.24) is 0 Å². The zero-order valence-electron chi connectivity index (χ0n) is 13.8. The van der Waals surface area contributed by atoms with Crippen molar-refractivity contribution in [2.24, 2.45) is 0 Å². The average Bonchev–Trinajstić information content (AvgIpc) is 2.59. The molecule has 0 radical (unpaired) electrons. The van der Waals surface area contributed by atoms with Crippen LogP contribution in [0.3, 0.4) is 0 Å². The number of ether oxygens (including phenoxy) is 1. The van der Waals surface area contributed by atoms with E-state index >= 15 is 0 Å². The summed E-state index contributed by atoms with van der Waals surface area (Å²) < 4.78 is 30.7. The van der Waals surface area contributed by atoms with Gasteiger partial charge in [0.15, 0.2) is 0 Å². The van der Waals surface area contributed by atoms with Crippen LogP contribution in [-0.2, 0) is 25.8 Å². The van der Waals surface area contributed by atoms with Gasteiger partial charge in [-0.05, 0) is 28.8 Å². The van der Waals surface area contributed by atoms with Crippen LogP contribution in [0.5, 0.6) is 0 Å². The molecule has 1 atom stereocenters. The molecular formula is C19H20O4S. The third-order valence-electron chi connectivity index (χ3n) is 4.37. The van der Waals surface area contributed by atoms with Gasteiger partial charge in [-0.2, -0.15) is 0 Å². The van der Waals surface area contributed by atoms with Crippen molar-refractivity contribution in [3.63, 3.8) is 0 Å². The Morgan fingerprint density at radius 1 is 1.12 bits per heavy atom. The monoisotopic (exact) mass is 344 g/mol. The second-order valence-electron chi connectivity index (χ2n) is 6.09. The number of hydrogen-bond donors (Lipinski definition) is 0. The summed E-state index contributed by atoms with van der Waals surface area (Å²) in [5, 5.41) is 0. The normalized spacial score (nSPS) is 15.9. The smallest absolute Gasteiger partial charge is 0.305 e. The van der Waals surface area contributed by atoms with E-state index in [-0.39, 0.29) is 11.9 Å². The van der Waals surface area contributed by atoms with E-state index in [9.17, 15) is 13.2 Å². The Balaban J connectivity index is 1.92. The van der Waals surface area contributed by atoms with Gasteiger partial charge < -0.3 is 4.74 Å². The number of rotatable bonds is 4. The summed E-state index contributed by atoms with van der Waals surface area (Å²) in [7, 11) is -3.46. The zero-order valence-corrected chi connectivity index (χ0v) is 14.6. The van der Waals surface area contributed by atoms with Crippen LogP contribution in [0.1, 0.15) is 42.9 Å². The first-order chi connectivity index (χ1) is 11.4.